The van der Waals surface area contributed by atoms with Gasteiger partial charge in [-0.25, -0.2) is 0 Å². The van der Waals surface area contributed by atoms with Crippen molar-refractivity contribution in [3.8, 4) is 11.3 Å². The fourth-order valence-electron chi connectivity index (χ4n) is 7.53. The van der Waals surface area contributed by atoms with E-state index in [-0.39, 0.29) is 43.5 Å². The third-order valence-corrected chi connectivity index (χ3v) is 15.3. The maximum atomic E-state index is 11.7. The molecule has 5 nitrogen and oxygen atoms in total. The number of nitrogens with zero attached hydrogens (tertiary/aromatic N) is 2. The van der Waals surface area contributed by atoms with Crippen molar-refractivity contribution in [3.05, 3.63) is 78.3 Å². The SMILES string of the molecule is CC1(C)CCC(c2ccc3c(c2)oc2c(-c4[c-]c5ccccc5[c]([Ge]([CH3])([CH3])[CH3])c4)ncnc23)CC1.CCC(CC)C(=O)/C=C(\O)C(CC)CC.[Ir]. The Morgan fingerprint density at radius 3 is 2.22 bits per heavy atom. The van der Waals surface area contributed by atoms with Crippen LogP contribution in [0.1, 0.15) is 104 Å². The van der Waals surface area contributed by atoms with Crippen molar-refractivity contribution in [2.45, 2.75) is 116 Å². The molecule has 2 heterocycles. The number of furan rings is 1. The smallest absolute Gasteiger partial charge is 0.512 e. The van der Waals surface area contributed by atoms with Gasteiger partial charge in [0.2, 0.25) is 0 Å². The van der Waals surface area contributed by atoms with Crippen LogP contribution in [0.15, 0.2) is 71.1 Å². The number of allylic oxidation sites excluding steroid dienone is 2. The minimum atomic E-state index is -2.15. The number of ketones is 1. The summed E-state index contributed by atoms with van der Waals surface area (Å²) in [5.74, 6) is 8.48. The van der Waals surface area contributed by atoms with Crippen LogP contribution in [0.5, 0.6) is 0 Å². The van der Waals surface area contributed by atoms with Gasteiger partial charge < -0.3 is 5.11 Å². The first-order valence-corrected chi connectivity index (χ1v) is 26.2. The zero-order chi connectivity index (χ0) is 36.2. The first-order chi connectivity index (χ1) is 23.8. The predicted octanol–water partition coefficient (Wildman–Crippen LogP) is 12.1. The second-order valence-electron chi connectivity index (χ2n) is 16.1. The average Bonchev–Trinajstić information content (AvgIpc) is 3.47. The second kappa shape index (κ2) is 17.4. The van der Waals surface area contributed by atoms with Gasteiger partial charge in [-0.2, -0.15) is 0 Å². The van der Waals surface area contributed by atoms with Gasteiger partial charge in [-0.05, 0) is 31.1 Å². The molecule has 0 amide bonds. The van der Waals surface area contributed by atoms with Gasteiger partial charge in [0.1, 0.15) is 0 Å². The molecule has 1 N–H and O–H groups in total. The Bertz CT molecular complexity index is 1970. The van der Waals surface area contributed by atoms with Crippen molar-refractivity contribution in [3.63, 3.8) is 0 Å². The van der Waals surface area contributed by atoms with Crippen LogP contribution in [0, 0.1) is 23.3 Å². The quantitative estimate of drug-likeness (QED) is 0.0653. The Kier molecular flexibility index (Phi) is 13.9. The van der Waals surface area contributed by atoms with E-state index in [9.17, 15) is 9.90 Å². The number of fused-ring (bicyclic) bond motifs is 4. The van der Waals surface area contributed by atoms with Gasteiger partial charge in [0.05, 0.1) is 5.76 Å². The van der Waals surface area contributed by atoms with E-state index in [4.69, 9.17) is 9.40 Å². The minimum Gasteiger partial charge on any atom is -0.512 e. The number of aliphatic hydroxyl groups is 1. The molecule has 6 rings (SSSR count). The van der Waals surface area contributed by atoms with Gasteiger partial charge >= 0.3 is 192 Å². The summed E-state index contributed by atoms with van der Waals surface area (Å²) in [5.41, 5.74) is 6.27. The van der Waals surface area contributed by atoms with Crippen LogP contribution in [0.3, 0.4) is 0 Å². The van der Waals surface area contributed by atoms with E-state index in [0.717, 1.165) is 64.4 Å². The van der Waals surface area contributed by atoms with Crippen molar-refractivity contribution in [2.24, 2.45) is 17.3 Å². The summed E-state index contributed by atoms with van der Waals surface area (Å²) < 4.78 is 7.99. The van der Waals surface area contributed by atoms with Crippen molar-refractivity contribution < 1.29 is 34.4 Å². The van der Waals surface area contributed by atoms with Gasteiger partial charge in [-0.3, -0.25) is 4.79 Å². The molecule has 1 aliphatic rings. The number of hydrogen-bond acceptors (Lipinski definition) is 5. The standard InChI is InChI=1S/C31H33GeN2O.C13H24O2.Ir/c1-31(2)14-12-20(13-15-31)21-10-11-25-27(18-21)35-30-28(33-19-34-29(25)30)23-16-22-8-6-7-9-24(22)26(17-23)32(3,4)5;1-5-10(6-2)12(14)9-13(15)11(7-3)8-4;/h6-11,17-20H,12-15H2,1-5H3;9-11,14H,5-8H2,1-4H3;/q-1;;/b;12-9-;. The Morgan fingerprint density at radius 2 is 1.59 bits per heavy atom. The van der Waals surface area contributed by atoms with Gasteiger partial charge in [-0.1, -0.05) is 41.5 Å². The predicted molar refractivity (Wildman–Crippen MR) is 213 cm³/mol. The number of carbonyl (C=O) groups is 1. The normalized spacial score (nSPS) is 15.3. The third kappa shape index (κ3) is 9.42. The van der Waals surface area contributed by atoms with Crippen LogP contribution in [0.4, 0.5) is 0 Å². The number of carbonyl (C=O) groups excluding carboxylic acids is 1. The zero-order valence-corrected chi connectivity index (χ0v) is 36.6. The van der Waals surface area contributed by atoms with E-state index in [0.29, 0.717) is 11.3 Å². The molecule has 1 radical (unpaired) electrons. The molecule has 1 aliphatic carbocycles. The molecule has 275 valence electrons. The number of aromatic nitrogens is 2. The van der Waals surface area contributed by atoms with Crippen LogP contribution >= 0.6 is 0 Å². The van der Waals surface area contributed by atoms with E-state index in [1.54, 1.807) is 6.33 Å². The Labute approximate surface area is 321 Å². The van der Waals surface area contributed by atoms with Crippen molar-refractivity contribution in [1.29, 1.82) is 0 Å². The third-order valence-electron chi connectivity index (χ3n) is 11.0. The first-order valence-electron chi connectivity index (χ1n) is 18.9. The average molecular weight is 927 g/mol. The minimum absolute atomic E-state index is 0. The molecule has 0 atom stereocenters. The van der Waals surface area contributed by atoms with Gasteiger partial charge in [0.25, 0.3) is 0 Å². The van der Waals surface area contributed by atoms with Gasteiger partial charge in [0, 0.05) is 38.0 Å². The number of rotatable bonds is 10. The molecule has 1 fully saturated rings. The fraction of sp³-hybridized carbons (Fsp3) is 0.477. The van der Waals surface area contributed by atoms with Crippen LogP contribution in [0.25, 0.3) is 44.1 Å². The Balaban J connectivity index is 0.000000312. The maximum absolute atomic E-state index is 11.7. The molecule has 0 bridgehead atoms. The molecule has 0 saturated heterocycles. The van der Waals surface area contributed by atoms with E-state index in [1.807, 2.05) is 27.7 Å². The summed E-state index contributed by atoms with van der Waals surface area (Å²) in [7, 11) is 0. The molecule has 5 aromatic rings. The van der Waals surface area contributed by atoms with Crippen LogP contribution in [0.2, 0.25) is 17.3 Å². The molecule has 2 aromatic heterocycles. The fourth-order valence-corrected chi connectivity index (χ4v) is 10.9. The molecule has 0 spiro atoms. The number of aliphatic hydroxyl groups excluding tert-OH is 1. The van der Waals surface area contributed by atoms with Crippen molar-refractivity contribution >= 4 is 56.3 Å². The Hall–Kier alpha value is -2.80. The van der Waals surface area contributed by atoms with Gasteiger partial charge in [0.15, 0.2) is 5.78 Å². The van der Waals surface area contributed by atoms with E-state index in [1.165, 1.54) is 47.1 Å². The van der Waals surface area contributed by atoms with E-state index >= 15 is 0 Å². The number of benzene rings is 3. The summed E-state index contributed by atoms with van der Waals surface area (Å²) in [6.07, 6.45) is 11.6. The molecule has 51 heavy (non-hydrogen) atoms. The monoisotopic (exact) mass is 928 g/mol. The summed E-state index contributed by atoms with van der Waals surface area (Å²) in [5, 5.41) is 13.3. The van der Waals surface area contributed by atoms with E-state index < -0.39 is 13.3 Å². The molecular formula is C44H57GeIrN2O3-. The second-order valence-corrected chi connectivity index (χ2v) is 26.7. The zero-order valence-electron chi connectivity index (χ0n) is 32.2. The Morgan fingerprint density at radius 1 is 0.941 bits per heavy atom. The van der Waals surface area contributed by atoms with Crippen LogP contribution < -0.4 is 4.40 Å². The number of hydrogen-bond donors (Lipinski definition) is 1. The molecule has 0 aliphatic heterocycles. The molecular weight excluding hydrogens is 869 g/mol. The molecule has 0 unspecified atom stereocenters. The van der Waals surface area contributed by atoms with Crippen LogP contribution in [-0.4, -0.2) is 34.1 Å². The summed E-state index contributed by atoms with van der Waals surface area (Å²) in [6.45, 7) is 12.9. The van der Waals surface area contributed by atoms with E-state index in [2.05, 4.69) is 90.7 Å². The van der Waals surface area contributed by atoms with Crippen molar-refractivity contribution in [1.82, 2.24) is 9.97 Å². The van der Waals surface area contributed by atoms with Gasteiger partial charge in [-0.15, -0.1) is 0 Å². The molecule has 3 aromatic carbocycles. The first kappa shape index (κ1) is 41.0. The summed E-state index contributed by atoms with van der Waals surface area (Å²) >= 11 is -2.15. The van der Waals surface area contributed by atoms with Crippen LogP contribution in [-0.2, 0) is 24.9 Å². The van der Waals surface area contributed by atoms with Crippen molar-refractivity contribution in [2.75, 3.05) is 0 Å². The molecule has 7 heteroatoms. The summed E-state index contributed by atoms with van der Waals surface area (Å²) in [4.78, 5) is 21.1. The molecule has 1 saturated carbocycles. The topological polar surface area (TPSA) is 76.2 Å². The summed E-state index contributed by atoms with van der Waals surface area (Å²) in [6, 6.07) is 21.3.